The number of aliphatic hydroxyl groups excluding tert-OH is 10. The van der Waals surface area contributed by atoms with Crippen molar-refractivity contribution < 1.29 is 60.7 Å². The number of aromatic nitrogens is 2. The quantitative estimate of drug-likeness (QED) is 0.0221. The number of nitrogen functional groups attached to an aromatic ring is 2. The van der Waals surface area contributed by atoms with Gasteiger partial charge in [0.1, 0.15) is 36.6 Å². The molecule has 0 fully saturated rings. The van der Waals surface area contributed by atoms with E-state index in [0.29, 0.717) is 19.4 Å². The minimum Gasteiger partial charge on any atom is -0.394 e. The summed E-state index contributed by atoms with van der Waals surface area (Å²) in [5.74, 6) is -1.43. The Kier molecular flexibility index (Phi) is 21.1. The van der Waals surface area contributed by atoms with Gasteiger partial charge in [-0.3, -0.25) is 24.8 Å². The minimum absolute atomic E-state index is 0.0205. The first-order valence-corrected chi connectivity index (χ1v) is 19.9. The second kappa shape index (κ2) is 25.3. The number of aryl methyl sites for hydroxylation is 2. The van der Waals surface area contributed by atoms with E-state index in [-0.39, 0.29) is 53.9 Å². The third-order valence-electron chi connectivity index (χ3n) is 9.66. The zero-order valence-corrected chi connectivity index (χ0v) is 34.2. The molecule has 0 spiro atoms. The number of carbonyl (C=O) groups is 2. The monoisotopic (exact) mass is 879 g/mol. The van der Waals surface area contributed by atoms with Gasteiger partial charge in [-0.25, -0.2) is 9.97 Å². The average Bonchev–Trinajstić information content (AvgIpc) is 3.25. The fraction of sp³-hybridized carbons (Fsp3) is 0.513. The summed E-state index contributed by atoms with van der Waals surface area (Å²) in [7, 11) is 0. The highest BCUT2D eigenvalue weighted by Crippen LogP contribution is 2.23. The van der Waals surface area contributed by atoms with E-state index in [9.17, 15) is 50.4 Å². The van der Waals surface area contributed by atoms with Crippen LogP contribution in [0.15, 0.2) is 53.5 Å². The predicted octanol–water partition coefficient (Wildman–Crippen LogP) is -3.75. The second-order valence-electron chi connectivity index (χ2n) is 14.4. The number of nitrogens with one attached hydrogen (secondary N) is 2. The van der Waals surface area contributed by atoms with Crippen molar-refractivity contribution in [3.63, 3.8) is 0 Å². The van der Waals surface area contributed by atoms with Gasteiger partial charge in [0.15, 0.2) is 28.4 Å². The summed E-state index contributed by atoms with van der Waals surface area (Å²) in [5.41, 5.74) is 20.8. The van der Waals surface area contributed by atoms with Crippen LogP contribution in [0.1, 0.15) is 40.9 Å². The molecule has 1 heterocycles. The standard InChI is InChI=1S/C39H58ClN9O12/c40-35-37(42)47-36(41)30(46-35)38(61)48-39(43)45-13-2-1-4-21-7-10-23(11-8-21)24-6-3-5-22(16-24)9-12-29(56)44-14-15-49(17-25(52)31(57)33(59)27(54)19-50)18-26(53)32(58)34(60)28(55)20-51/h3,5-8,10-11,16,25-28,31-34,50-55,57-60H,1-2,4,9,12-15,17-20H2,(H,44,56)(H4,41,42,47)(H3,43,45,48,61)/t25-,26-,27+,28+,31+,32+,33+,34+/m0/s1. The zero-order chi connectivity index (χ0) is 45.2. The molecule has 0 bridgehead atoms. The maximum absolute atomic E-state index is 12.8. The van der Waals surface area contributed by atoms with Crippen LogP contribution in [-0.4, -0.2) is 178 Å². The Morgan fingerprint density at radius 2 is 1.33 bits per heavy atom. The predicted molar refractivity (Wildman–Crippen MR) is 225 cm³/mol. The van der Waals surface area contributed by atoms with Crippen LogP contribution in [0, 0.1) is 0 Å². The van der Waals surface area contributed by atoms with Gasteiger partial charge in [-0.05, 0) is 47.9 Å². The molecule has 18 N–H and O–H groups in total. The number of halogens is 1. The van der Waals surface area contributed by atoms with E-state index in [1.54, 1.807) is 0 Å². The number of carbonyl (C=O) groups excluding carboxylic acids is 2. The Morgan fingerprint density at radius 3 is 1.92 bits per heavy atom. The Bertz CT molecular complexity index is 1830. The van der Waals surface area contributed by atoms with Gasteiger partial charge in [0.2, 0.25) is 5.91 Å². The van der Waals surface area contributed by atoms with Crippen molar-refractivity contribution in [3.8, 4) is 11.1 Å². The van der Waals surface area contributed by atoms with Crippen LogP contribution >= 0.6 is 11.6 Å². The summed E-state index contributed by atoms with van der Waals surface area (Å²) in [6.07, 6.45) is -11.8. The molecule has 22 heteroatoms. The fourth-order valence-electron chi connectivity index (χ4n) is 6.06. The van der Waals surface area contributed by atoms with Crippen molar-refractivity contribution in [1.82, 2.24) is 25.5 Å². The molecular weight excluding hydrogens is 822 g/mol. The molecular formula is C39H58ClN9O12. The number of benzene rings is 2. The Morgan fingerprint density at radius 1 is 0.738 bits per heavy atom. The van der Waals surface area contributed by atoms with Crippen LogP contribution in [0.25, 0.3) is 11.1 Å². The smallest absolute Gasteiger partial charge is 0.280 e. The van der Waals surface area contributed by atoms with Crippen molar-refractivity contribution in [3.05, 3.63) is 70.5 Å². The number of amides is 2. The lowest BCUT2D eigenvalue weighted by Gasteiger charge is -2.33. The van der Waals surface area contributed by atoms with E-state index in [1.165, 1.54) is 4.90 Å². The molecule has 2 amide bonds. The summed E-state index contributed by atoms with van der Waals surface area (Å²) in [6.45, 7) is -2.39. The van der Waals surface area contributed by atoms with Gasteiger partial charge in [0.25, 0.3) is 5.91 Å². The minimum atomic E-state index is -1.93. The largest absolute Gasteiger partial charge is 0.394 e. The van der Waals surface area contributed by atoms with E-state index >= 15 is 0 Å². The van der Waals surface area contributed by atoms with Gasteiger partial charge in [-0.2, -0.15) is 0 Å². The van der Waals surface area contributed by atoms with Crippen LogP contribution < -0.4 is 27.8 Å². The summed E-state index contributed by atoms with van der Waals surface area (Å²) in [5, 5.41) is 104. The van der Waals surface area contributed by atoms with Crippen molar-refractivity contribution in [2.24, 2.45) is 10.7 Å². The molecule has 0 unspecified atom stereocenters. The summed E-state index contributed by atoms with van der Waals surface area (Å²) in [6, 6.07) is 15.8. The first-order valence-electron chi connectivity index (χ1n) is 19.5. The summed E-state index contributed by atoms with van der Waals surface area (Å²) >= 11 is 5.83. The number of unbranched alkanes of at least 4 members (excludes halogenated alkanes) is 1. The van der Waals surface area contributed by atoms with Gasteiger partial charge >= 0.3 is 0 Å². The van der Waals surface area contributed by atoms with Crippen LogP contribution in [0.5, 0.6) is 0 Å². The number of guanidine groups is 1. The Labute approximate surface area is 357 Å². The summed E-state index contributed by atoms with van der Waals surface area (Å²) < 4.78 is 0. The highest BCUT2D eigenvalue weighted by molar-refractivity contribution is 6.31. The Balaban J connectivity index is 1.48. The molecule has 2 aromatic carbocycles. The maximum atomic E-state index is 12.8. The normalized spacial score (nSPS) is 16.0. The number of nitrogens with zero attached hydrogens (tertiary/aromatic N) is 4. The molecule has 0 aliphatic carbocycles. The first-order chi connectivity index (χ1) is 28.9. The van der Waals surface area contributed by atoms with Gasteiger partial charge in [-0.15, -0.1) is 0 Å². The third kappa shape index (κ3) is 16.3. The first kappa shape index (κ1) is 50.7. The number of aliphatic hydroxyl groups is 10. The molecule has 8 atom stereocenters. The van der Waals surface area contributed by atoms with Gasteiger partial charge < -0.3 is 73.6 Å². The van der Waals surface area contributed by atoms with Crippen LogP contribution in [0.3, 0.4) is 0 Å². The second-order valence-corrected chi connectivity index (χ2v) is 14.8. The van der Waals surface area contributed by atoms with Gasteiger partial charge in [0, 0.05) is 39.1 Å². The van der Waals surface area contributed by atoms with Crippen LogP contribution in [0.2, 0.25) is 5.15 Å². The average molecular weight is 880 g/mol. The molecule has 0 saturated heterocycles. The van der Waals surface area contributed by atoms with Gasteiger partial charge in [-0.1, -0.05) is 60.1 Å². The topological polar surface area (TPSA) is 380 Å². The van der Waals surface area contributed by atoms with Crippen LogP contribution in [-0.2, 0) is 17.6 Å². The lowest BCUT2D eigenvalue weighted by molar-refractivity contribution is -0.130. The van der Waals surface area contributed by atoms with Crippen molar-refractivity contribution in [2.45, 2.75) is 80.9 Å². The van der Waals surface area contributed by atoms with E-state index < -0.39 is 81.0 Å². The van der Waals surface area contributed by atoms with E-state index in [0.717, 1.165) is 35.1 Å². The molecule has 0 radical (unpaired) electrons. The SMILES string of the molecule is NC(=NCCCCc1ccc(-c2cccc(CCC(=O)NCCN(C[C@H](O)[C@@H](O)[C@H](O)[C@H](O)CO)C[C@H](O)[C@@H](O)[C@H](O)[C@H](O)CO)c2)cc1)NC(=O)c1nc(Cl)c(N)nc1N. The lowest BCUT2D eigenvalue weighted by Crippen LogP contribution is -2.54. The molecule has 0 saturated carbocycles. The number of hydrogen-bond acceptors (Lipinski definition) is 18. The molecule has 1 aromatic heterocycles. The molecule has 0 aliphatic heterocycles. The molecule has 3 rings (SSSR count). The Hall–Kier alpha value is -4.62. The van der Waals surface area contributed by atoms with Crippen molar-refractivity contribution in [1.29, 1.82) is 0 Å². The molecule has 0 aliphatic rings. The summed E-state index contributed by atoms with van der Waals surface area (Å²) in [4.78, 5) is 38.3. The molecule has 61 heavy (non-hydrogen) atoms. The molecule has 21 nitrogen and oxygen atoms in total. The highest BCUT2D eigenvalue weighted by Gasteiger charge is 2.34. The van der Waals surface area contributed by atoms with Crippen LogP contribution in [0.4, 0.5) is 11.6 Å². The van der Waals surface area contributed by atoms with Crippen molar-refractivity contribution >= 4 is 41.0 Å². The fourth-order valence-corrected chi connectivity index (χ4v) is 6.19. The van der Waals surface area contributed by atoms with E-state index in [2.05, 4.69) is 25.6 Å². The number of aliphatic imine (C=N–C) groups is 1. The molecule has 3 aromatic rings. The van der Waals surface area contributed by atoms with E-state index in [1.807, 2.05) is 48.5 Å². The number of nitrogens with two attached hydrogens (primary N) is 3. The zero-order valence-electron chi connectivity index (χ0n) is 33.4. The van der Waals surface area contributed by atoms with Crippen molar-refractivity contribution in [2.75, 3.05) is 57.4 Å². The van der Waals surface area contributed by atoms with E-state index in [4.69, 9.17) is 39.0 Å². The lowest BCUT2D eigenvalue weighted by atomic mass is 9.99. The highest BCUT2D eigenvalue weighted by atomic mass is 35.5. The number of rotatable bonds is 25. The third-order valence-corrected chi connectivity index (χ3v) is 9.94. The number of hydrogen-bond donors (Lipinski definition) is 15. The van der Waals surface area contributed by atoms with Gasteiger partial charge in [0.05, 0.1) is 25.4 Å². The maximum Gasteiger partial charge on any atom is 0.280 e. The number of anilines is 2. The molecule has 338 valence electrons.